The van der Waals surface area contributed by atoms with Gasteiger partial charge in [-0.2, -0.15) is 0 Å². The molecule has 0 saturated carbocycles. The predicted octanol–water partition coefficient (Wildman–Crippen LogP) is 2.46. The molecule has 0 atom stereocenters. The van der Waals surface area contributed by atoms with E-state index in [0.717, 1.165) is 0 Å². The monoisotopic (exact) mass is 218 g/mol. The van der Waals surface area contributed by atoms with Gasteiger partial charge in [0.05, 0.1) is 5.88 Å². The first-order valence-electron chi connectivity index (χ1n) is 3.69. The fraction of sp³-hybridized carbons (Fsp3) is 0.222. The first-order chi connectivity index (χ1) is 6.15. The zero-order valence-electron chi connectivity index (χ0n) is 6.76. The molecule has 0 saturated heterocycles. The van der Waals surface area contributed by atoms with E-state index in [4.69, 9.17) is 11.6 Å². The SMILES string of the molecule is O=C(CCl)Cc1cccc(F)c1S. The maximum absolute atomic E-state index is 12.9. The Morgan fingerprint density at radius 1 is 1.54 bits per heavy atom. The van der Waals surface area contributed by atoms with Crippen molar-refractivity contribution in [1.29, 1.82) is 0 Å². The number of carbonyl (C=O) groups excluding carboxylic acids is 1. The number of benzene rings is 1. The molecule has 0 fully saturated rings. The molecule has 0 aromatic heterocycles. The molecule has 1 aromatic rings. The van der Waals surface area contributed by atoms with Crippen molar-refractivity contribution in [3.8, 4) is 0 Å². The molecule has 0 aliphatic carbocycles. The van der Waals surface area contributed by atoms with Crippen LogP contribution in [0.1, 0.15) is 5.56 Å². The Bertz CT molecular complexity index is 327. The first kappa shape index (κ1) is 10.5. The first-order valence-corrected chi connectivity index (χ1v) is 4.67. The summed E-state index contributed by atoms with van der Waals surface area (Å²) in [6, 6.07) is 4.51. The van der Waals surface area contributed by atoms with Crippen molar-refractivity contribution in [3.05, 3.63) is 29.6 Å². The van der Waals surface area contributed by atoms with Crippen molar-refractivity contribution >= 4 is 30.0 Å². The Morgan fingerprint density at radius 2 is 2.23 bits per heavy atom. The number of rotatable bonds is 3. The maximum atomic E-state index is 12.9. The maximum Gasteiger partial charge on any atom is 0.151 e. The van der Waals surface area contributed by atoms with Gasteiger partial charge in [0.25, 0.3) is 0 Å². The van der Waals surface area contributed by atoms with Crippen LogP contribution in [0, 0.1) is 5.82 Å². The summed E-state index contributed by atoms with van der Waals surface area (Å²) in [5, 5.41) is 0. The molecule has 0 radical (unpaired) electrons. The Hall–Kier alpha value is -0.540. The molecular weight excluding hydrogens is 211 g/mol. The van der Waals surface area contributed by atoms with Gasteiger partial charge in [-0.05, 0) is 11.6 Å². The average Bonchev–Trinajstić information content (AvgIpc) is 2.13. The molecule has 0 aliphatic heterocycles. The van der Waals surface area contributed by atoms with Gasteiger partial charge in [0.1, 0.15) is 5.82 Å². The Kier molecular flexibility index (Phi) is 3.75. The van der Waals surface area contributed by atoms with E-state index in [0.29, 0.717) is 5.56 Å². The van der Waals surface area contributed by atoms with Crippen molar-refractivity contribution in [3.63, 3.8) is 0 Å². The minimum atomic E-state index is -0.414. The van der Waals surface area contributed by atoms with Crippen LogP contribution in [0.2, 0.25) is 0 Å². The van der Waals surface area contributed by atoms with Gasteiger partial charge in [-0.1, -0.05) is 12.1 Å². The Balaban J connectivity index is 2.89. The summed E-state index contributed by atoms with van der Waals surface area (Å²) in [7, 11) is 0. The van der Waals surface area contributed by atoms with Gasteiger partial charge in [-0.3, -0.25) is 4.79 Å². The smallest absolute Gasteiger partial charge is 0.151 e. The van der Waals surface area contributed by atoms with Crippen molar-refractivity contribution in [1.82, 2.24) is 0 Å². The highest BCUT2D eigenvalue weighted by molar-refractivity contribution is 7.80. The van der Waals surface area contributed by atoms with E-state index in [1.165, 1.54) is 6.07 Å². The number of ketones is 1. The third-order valence-electron chi connectivity index (χ3n) is 1.61. The summed E-state index contributed by atoms with van der Waals surface area (Å²) in [4.78, 5) is 11.2. The Morgan fingerprint density at radius 3 is 2.85 bits per heavy atom. The second kappa shape index (κ2) is 4.63. The van der Waals surface area contributed by atoms with Crippen molar-refractivity contribution < 1.29 is 9.18 Å². The molecule has 4 heteroatoms. The molecule has 1 aromatic carbocycles. The lowest BCUT2D eigenvalue weighted by molar-refractivity contribution is -0.116. The number of Topliss-reactive ketones (excluding diaryl/α,β-unsaturated/α-hetero) is 1. The van der Waals surface area contributed by atoms with E-state index in [1.54, 1.807) is 12.1 Å². The van der Waals surface area contributed by atoms with Crippen LogP contribution in [-0.4, -0.2) is 11.7 Å². The van der Waals surface area contributed by atoms with E-state index in [1.807, 2.05) is 0 Å². The molecule has 1 nitrogen and oxygen atoms in total. The fourth-order valence-corrected chi connectivity index (χ4v) is 1.28. The molecule has 70 valence electrons. The molecule has 0 N–H and O–H groups in total. The highest BCUT2D eigenvalue weighted by atomic mass is 35.5. The normalized spacial score (nSPS) is 10.1. The van der Waals surface area contributed by atoms with Crippen LogP contribution in [0.15, 0.2) is 23.1 Å². The second-order valence-electron chi connectivity index (χ2n) is 2.60. The summed E-state index contributed by atoms with van der Waals surface area (Å²) >= 11 is 9.28. The molecule has 13 heavy (non-hydrogen) atoms. The van der Waals surface area contributed by atoms with E-state index < -0.39 is 5.82 Å². The number of thiol groups is 1. The van der Waals surface area contributed by atoms with Crippen LogP contribution >= 0.6 is 24.2 Å². The lowest BCUT2D eigenvalue weighted by Crippen LogP contribution is -2.04. The molecule has 0 bridgehead atoms. The summed E-state index contributed by atoms with van der Waals surface area (Å²) in [6.07, 6.45) is 0.139. The van der Waals surface area contributed by atoms with Crippen LogP contribution in [-0.2, 0) is 11.2 Å². The highest BCUT2D eigenvalue weighted by Gasteiger charge is 2.07. The molecular formula is C9H8ClFOS. The third kappa shape index (κ3) is 2.71. The van der Waals surface area contributed by atoms with Gasteiger partial charge in [0.2, 0.25) is 0 Å². The van der Waals surface area contributed by atoms with Crippen LogP contribution in [0.5, 0.6) is 0 Å². The topological polar surface area (TPSA) is 17.1 Å². The number of hydrogen-bond donors (Lipinski definition) is 1. The quantitative estimate of drug-likeness (QED) is 0.609. The highest BCUT2D eigenvalue weighted by Crippen LogP contribution is 2.18. The Labute approximate surface area is 86.3 Å². The second-order valence-corrected chi connectivity index (χ2v) is 3.31. The zero-order chi connectivity index (χ0) is 9.84. The molecule has 0 heterocycles. The van der Waals surface area contributed by atoms with Gasteiger partial charge in [-0.15, -0.1) is 24.2 Å². The van der Waals surface area contributed by atoms with Gasteiger partial charge in [0, 0.05) is 11.3 Å². The lowest BCUT2D eigenvalue weighted by atomic mass is 10.1. The van der Waals surface area contributed by atoms with Gasteiger partial charge >= 0.3 is 0 Å². The third-order valence-corrected chi connectivity index (χ3v) is 2.41. The van der Waals surface area contributed by atoms with Gasteiger partial charge in [0.15, 0.2) is 5.78 Å². The van der Waals surface area contributed by atoms with Crippen molar-refractivity contribution in [2.75, 3.05) is 5.88 Å². The summed E-state index contributed by atoms with van der Waals surface area (Å²) in [5.41, 5.74) is 0.578. The van der Waals surface area contributed by atoms with E-state index in [9.17, 15) is 9.18 Å². The number of carbonyl (C=O) groups is 1. The van der Waals surface area contributed by atoms with Gasteiger partial charge in [-0.25, -0.2) is 4.39 Å². The van der Waals surface area contributed by atoms with Crippen molar-refractivity contribution in [2.45, 2.75) is 11.3 Å². The lowest BCUT2D eigenvalue weighted by Gasteiger charge is -2.03. The molecule has 0 unspecified atom stereocenters. The summed E-state index contributed by atoms with van der Waals surface area (Å²) in [6.45, 7) is 0. The average molecular weight is 219 g/mol. The minimum Gasteiger partial charge on any atom is -0.298 e. The molecule has 1 rings (SSSR count). The number of hydrogen-bond acceptors (Lipinski definition) is 2. The summed E-state index contributed by atoms with van der Waals surface area (Å²) in [5.74, 6) is -0.602. The molecule has 0 amide bonds. The largest absolute Gasteiger partial charge is 0.298 e. The van der Waals surface area contributed by atoms with E-state index >= 15 is 0 Å². The molecule has 0 spiro atoms. The number of halogens is 2. The van der Waals surface area contributed by atoms with Crippen LogP contribution in [0.25, 0.3) is 0 Å². The number of alkyl halides is 1. The fourth-order valence-electron chi connectivity index (χ4n) is 0.962. The zero-order valence-corrected chi connectivity index (χ0v) is 8.41. The van der Waals surface area contributed by atoms with E-state index in [-0.39, 0.29) is 23.0 Å². The standard InChI is InChI=1S/C9H8ClFOS/c10-5-7(12)4-6-2-1-3-8(11)9(6)13/h1-3,13H,4-5H2. The van der Waals surface area contributed by atoms with Crippen LogP contribution in [0.4, 0.5) is 4.39 Å². The molecule has 0 aliphatic rings. The van der Waals surface area contributed by atoms with Gasteiger partial charge < -0.3 is 0 Å². The van der Waals surface area contributed by atoms with Crippen molar-refractivity contribution in [2.24, 2.45) is 0 Å². The predicted molar refractivity (Wildman–Crippen MR) is 53.1 cm³/mol. The van der Waals surface area contributed by atoms with Crippen LogP contribution in [0.3, 0.4) is 0 Å². The van der Waals surface area contributed by atoms with E-state index in [2.05, 4.69) is 12.6 Å². The summed E-state index contributed by atoms with van der Waals surface area (Å²) < 4.78 is 12.9. The van der Waals surface area contributed by atoms with Crippen LogP contribution < -0.4 is 0 Å². The minimum absolute atomic E-state index is 0.0519.